The van der Waals surface area contributed by atoms with Crippen molar-refractivity contribution >= 4 is 11.9 Å². The average molecular weight is 175 g/mol. The van der Waals surface area contributed by atoms with Gasteiger partial charge in [0.15, 0.2) is 0 Å². The van der Waals surface area contributed by atoms with Crippen LogP contribution in [0.4, 0.5) is 0 Å². The van der Waals surface area contributed by atoms with Crippen molar-refractivity contribution < 1.29 is 0 Å². The highest BCUT2D eigenvalue weighted by atomic mass is 32.2. The minimum Gasteiger partial charge on any atom is -0.264 e. The third-order valence-electron chi connectivity index (χ3n) is 1.55. The van der Waals surface area contributed by atoms with Crippen LogP contribution in [-0.4, -0.2) is 12.3 Å². The van der Waals surface area contributed by atoms with Gasteiger partial charge < -0.3 is 0 Å². The summed E-state index contributed by atoms with van der Waals surface area (Å²) in [4.78, 5) is 0. The van der Waals surface area contributed by atoms with E-state index in [1.165, 1.54) is 37.9 Å². The lowest BCUT2D eigenvalue weighted by Gasteiger charge is -2.00. The van der Waals surface area contributed by atoms with Crippen molar-refractivity contribution in [2.24, 2.45) is 0 Å². The molecule has 0 amide bonds. The number of nitrogens with one attached hydrogen (secondary N) is 1. The summed E-state index contributed by atoms with van der Waals surface area (Å²) < 4.78 is 3.33. The fraction of sp³-hybridized carbons (Fsp3) is 1.00. The third kappa shape index (κ3) is 10.3. The number of unbranched alkanes of at least 4 members (excludes halogenated alkanes) is 3. The number of rotatable bonds is 8. The summed E-state index contributed by atoms with van der Waals surface area (Å²) in [5.74, 6) is 1.28. The largest absolute Gasteiger partial charge is 0.264 e. The third-order valence-corrected chi connectivity index (χ3v) is 2.46. The lowest BCUT2D eigenvalue weighted by Crippen LogP contribution is -2.04. The van der Waals surface area contributed by atoms with Gasteiger partial charge in [-0.05, 0) is 12.8 Å². The topological polar surface area (TPSA) is 12.0 Å². The quantitative estimate of drug-likeness (QED) is 0.449. The summed E-state index contributed by atoms with van der Waals surface area (Å²) in [7, 11) is 0. The first-order valence-electron chi connectivity index (χ1n) is 4.76. The summed E-state index contributed by atoms with van der Waals surface area (Å²) in [6, 6.07) is 0. The van der Waals surface area contributed by atoms with Crippen molar-refractivity contribution in [2.45, 2.75) is 46.0 Å². The molecule has 0 bridgehead atoms. The van der Waals surface area contributed by atoms with Crippen LogP contribution in [-0.2, 0) is 0 Å². The highest BCUT2D eigenvalue weighted by Crippen LogP contribution is 2.03. The summed E-state index contributed by atoms with van der Waals surface area (Å²) in [5.41, 5.74) is 0. The first kappa shape index (κ1) is 11.3. The van der Waals surface area contributed by atoms with E-state index in [1.54, 1.807) is 0 Å². The molecule has 0 spiro atoms. The molecule has 68 valence electrons. The van der Waals surface area contributed by atoms with E-state index in [9.17, 15) is 0 Å². The van der Waals surface area contributed by atoms with Gasteiger partial charge >= 0.3 is 0 Å². The summed E-state index contributed by atoms with van der Waals surface area (Å²) in [5, 5.41) is 0. The van der Waals surface area contributed by atoms with Gasteiger partial charge in [0.1, 0.15) is 0 Å². The summed E-state index contributed by atoms with van der Waals surface area (Å²) in [6.07, 6.45) is 6.75. The standard InChI is InChI=1S/C9H21NS/c1-3-5-6-7-9-11-10-8-4-2/h10H,3-9H2,1-2H3. The van der Waals surface area contributed by atoms with Gasteiger partial charge in [0.2, 0.25) is 0 Å². The van der Waals surface area contributed by atoms with Gasteiger partial charge in [-0.25, -0.2) is 0 Å². The zero-order valence-electron chi connectivity index (χ0n) is 7.86. The minimum absolute atomic E-state index is 1.15. The van der Waals surface area contributed by atoms with Crippen LogP contribution in [0, 0.1) is 0 Å². The van der Waals surface area contributed by atoms with Crippen molar-refractivity contribution in [1.29, 1.82) is 0 Å². The molecule has 0 atom stereocenters. The molecular formula is C9H21NS. The Morgan fingerprint density at radius 1 is 1.00 bits per heavy atom. The second-order valence-electron chi connectivity index (χ2n) is 2.80. The Balaban J connectivity index is 2.69. The number of hydrogen-bond acceptors (Lipinski definition) is 2. The van der Waals surface area contributed by atoms with Crippen LogP contribution in [0.1, 0.15) is 46.0 Å². The monoisotopic (exact) mass is 175 g/mol. The van der Waals surface area contributed by atoms with Crippen LogP contribution >= 0.6 is 11.9 Å². The lowest BCUT2D eigenvalue weighted by atomic mass is 10.2. The van der Waals surface area contributed by atoms with Crippen LogP contribution in [0.5, 0.6) is 0 Å². The number of hydrogen-bond donors (Lipinski definition) is 1. The molecule has 0 fully saturated rings. The average Bonchev–Trinajstić information content (AvgIpc) is 2.03. The van der Waals surface area contributed by atoms with Gasteiger partial charge in [-0.2, -0.15) is 0 Å². The summed E-state index contributed by atoms with van der Waals surface area (Å²) in [6.45, 7) is 5.60. The molecule has 0 saturated heterocycles. The fourth-order valence-electron chi connectivity index (χ4n) is 0.847. The maximum absolute atomic E-state index is 3.33. The molecule has 0 aromatic rings. The molecule has 0 aliphatic rings. The Morgan fingerprint density at radius 3 is 2.45 bits per heavy atom. The molecular weight excluding hydrogens is 154 g/mol. The molecule has 1 nitrogen and oxygen atoms in total. The Morgan fingerprint density at radius 2 is 1.82 bits per heavy atom. The van der Waals surface area contributed by atoms with E-state index in [-0.39, 0.29) is 0 Å². The predicted octanol–water partition coefficient (Wildman–Crippen LogP) is 3.21. The highest BCUT2D eigenvalue weighted by Gasteiger charge is 1.88. The Hall–Kier alpha value is 0.310. The molecule has 0 radical (unpaired) electrons. The van der Waals surface area contributed by atoms with E-state index in [4.69, 9.17) is 0 Å². The van der Waals surface area contributed by atoms with Gasteiger partial charge in [-0.3, -0.25) is 4.72 Å². The van der Waals surface area contributed by atoms with E-state index in [0.717, 1.165) is 6.54 Å². The molecule has 2 heteroatoms. The Labute approximate surface area is 75.5 Å². The van der Waals surface area contributed by atoms with Crippen LogP contribution in [0.25, 0.3) is 0 Å². The normalized spacial score (nSPS) is 10.4. The van der Waals surface area contributed by atoms with Gasteiger partial charge in [0, 0.05) is 12.3 Å². The predicted molar refractivity (Wildman–Crippen MR) is 54.9 cm³/mol. The lowest BCUT2D eigenvalue weighted by molar-refractivity contribution is 0.705. The second kappa shape index (κ2) is 10.3. The van der Waals surface area contributed by atoms with E-state index < -0.39 is 0 Å². The summed E-state index contributed by atoms with van der Waals surface area (Å²) >= 11 is 1.88. The first-order valence-corrected chi connectivity index (χ1v) is 5.75. The highest BCUT2D eigenvalue weighted by molar-refractivity contribution is 7.97. The van der Waals surface area contributed by atoms with E-state index >= 15 is 0 Å². The van der Waals surface area contributed by atoms with E-state index in [2.05, 4.69) is 18.6 Å². The smallest absolute Gasteiger partial charge is 0.00786 e. The van der Waals surface area contributed by atoms with Gasteiger partial charge in [0.05, 0.1) is 0 Å². The molecule has 0 aromatic carbocycles. The molecule has 0 heterocycles. The Kier molecular flexibility index (Phi) is 10.6. The van der Waals surface area contributed by atoms with Gasteiger partial charge in [0.25, 0.3) is 0 Å². The van der Waals surface area contributed by atoms with Crippen molar-refractivity contribution in [3.63, 3.8) is 0 Å². The molecule has 11 heavy (non-hydrogen) atoms. The zero-order chi connectivity index (χ0) is 8.36. The van der Waals surface area contributed by atoms with Gasteiger partial charge in [-0.1, -0.05) is 45.1 Å². The maximum atomic E-state index is 3.33. The molecule has 1 N–H and O–H groups in total. The van der Waals surface area contributed by atoms with E-state index in [1.807, 2.05) is 11.9 Å². The zero-order valence-corrected chi connectivity index (χ0v) is 8.67. The molecule has 0 aliphatic heterocycles. The molecule has 0 saturated carbocycles. The van der Waals surface area contributed by atoms with Crippen LogP contribution in [0.3, 0.4) is 0 Å². The molecule has 0 aromatic heterocycles. The second-order valence-corrected chi connectivity index (χ2v) is 3.79. The molecule has 0 unspecified atom stereocenters. The van der Waals surface area contributed by atoms with Crippen LogP contribution in [0.15, 0.2) is 0 Å². The fourth-order valence-corrected chi connectivity index (χ4v) is 1.69. The van der Waals surface area contributed by atoms with Crippen molar-refractivity contribution in [2.75, 3.05) is 12.3 Å². The van der Waals surface area contributed by atoms with E-state index in [0.29, 0.717) is 0 Å². The Bertz CT molecular complexity index is 58.6. The maximum Gasteiger partial charge on any atom is 0.00786 e. The van der Waals surface area contributed by atoms with Crippen LogP contribution in [0.2, 0.25) is 0 Å². The van der Waals surface area contributed by atoms with Crippen molar-refractivity contribution in [3.05, 3.63) is 0 Å². The first-order chi connectivity index (χ1) is 5.41. The van der Waals surface area contributed by atoms with Crippen LogP contribution < -0.4 is 4.72 Å². The van der Waals surface area contributed by atoms with Crippen molar-refractivity contribution in [1.82, 2.24) is 4.72 Å². The minimum atomic E-state index is 1.15. The van der Waals surface area contributed by atoms with Gasteiger partial charge in [-0.15, -0.1) is 0 Å². The SMILES string of the molecule is CCCCCCSNCCC. The molecule has 0 rings (SSSR count). The molecule has 0 aliphatic carbocycles. The van der Waals surface area contributed by atoms with Crippen molar-refractivity contribution in [3.8, 4) is 0 Å².